The van der Waals surface area contributed by atoms with Gasteiger partial charge < -0.3 is 5.32 Å². The highest BCUT2D eigenvalue weighted by atomic mass is 19.2. The van der Waals surface area contributed by atoms with E-state index in [1.54, 1.807) is 6.07 Å². The van der Waals surface area contributed by atoms with Gasteiger partial charge in [0.25, 0.3) is 0 Å². The fourth-order valence-corrected chi connectivity index (χ4v) is 3.84. The summed E-state index contributed by atoms with van der Waals surface area (Å²) < 4.78 is 27.1. The molecule has 0 amide bonds. The Kier molecular flexibility index (Phi) is 5.62. The largest absolute Gasteiger partial charge is 0.314 e. The molecule has 5 heteroatoms. The standard InChI is InChI=1S/C18H27F2N3/c1-14-4-2-3-9-23(14)18(13-22-10-7-21-8-11-22)15-5-6-16(19)17(20)12-15/h5-6,12,14,18,21H,2-4,7-11,13H2,1H3. The Morgan fingerprint density at radius 3 is 2.61 bits per heavy atom. The van der Waals surface area contributed by atoms with Gasteiger partial charge >= 0.3 is 0 Å². The molecule has 128 valence electrons. The number of hydrogen-bond acceptors (Lipinski definition) is 3. The van der Waals surface area contributed by atoms with E-state index in [1.807, 2.05) is 0 Å². The molecule has 2 saturated heterocycles. The molecule has 1 N–H and O–H groups in total. The fourth-order valence-electron chi connectivity index (χ4n) is 3.84. The molecule has 3 nitrogen and oxygen atoms in total. The summed E-state index contributed by atoms with van der Waals surface area (Å²) in [6, 6.07) is 5.04. The molecule has 2 unspecified atom stereocenters. The van der Waals surface area contributed by atoms with Gasteiger partial charge in [0.05, 0.1) is 0 Å². The minimum Gasteiger partial charge on any atom is -0.314 e. The number of piperidine rings is 1. The topological polar surface area (TPSA) is 18.5 Å². The van der Waals surface area contributed by atoms with Crippen molar-refractivity contribution in [1.29, 1.82) is 0 Å². The Hall–Kier alpha value is -1.04. The molecule has 0 aliphatic carbocycles. The first-order valence-corrected chi connectivity index (χ1v) is 8.79. The summed E-state index contributed by atoms with van der Waals surface area (Å²) in [6.45, 7) is 8.21. The molecule has 0 aromatic heterocycles. The van der Waals surface area contributed by atoms with Crippen LogP contribution in [0.2, 0.25) is 0 Å². The highest BCUT2D eigenvalue weighted by Crippen LogP contribution is 2.30. The Bertz CT molecular complexity index is 517. The number of halogens is 2. The molecule has 2 fully saturated rings. The van der Waals surface area contributed by atoms with Crippen molar-refractivity contribution in [3.63, 3.8) is 0 Å². The third-order valence-electron chi connectivity index (χ3n) is 5.22. The summed E-state index contributed by atoms with van der Waals surface area (Å²) in [5.74, 6) is -1.50. The van der Waals surface area contributed by atoms with Gasteiger partial charge in [-0.05, 0) is 44.0 Å². The van der Waals surface area contributed by atoms with E-state index >= 15 is 0 Å². The number of benzene rings is 1. The van der Waals surface area contributed by atoms with Crippen LogP contribution in [0.1, 0.15) is 37.8 Å². The number of nitrogens with one attached hydrogen (secondary N) is 1. The van der Waals surface area contributed by atoms with Crippen molar-refractivity contribution >= 4 is 0 Å². The normalized spacial score (nSPS) is 25.4. The number of likely N-dealkylation sites (tertiary alicyclic amines) is 1. The van der Waals surface area contributed by atoms with E-state index in [4.69, 9.17) is 0 Å². The van der Waals surface area contributed by atoms with Gasteiger partial charge in [0, 0.05) is 44.8 Å². The van der Waals surface area contributed by atoms with E-state index in [-0.39, 0.29) is 6.04 Å². The molecule has 0 bridgehead atoms. The van der Waals surface area contributed by atoms with E-state index in [0.29, 0.717) is 6.04 Å². The number of nitrogens with zero attached hydrogens (tertiary/aromatic N) is 2. The second kappa shape index (κ2) is 7.69. The number of hydrogen-bond donors (Lipinski definition) is 1. The number of piperazine rings is 1. The van der Waals surface area contributed by atoms with Crippen LogP contribution in [0.4, 0.5) is 8.78 Å². The van der Waals surface area contributed by atoms with Crippen LogP contribution in [0.3, 0.4) is 0 Å². The molecule has 1 aromatic carbocycles. The van der Waals surface area contributed by atoms with Gasteiger partial charge in [-0.15, -0.1) is 0 Å². The molecule has 3 rings (SSSR count). The average molecular weight is 323 g/mol. The highest BCUT2D eigenvalue weighted by Gasteiger charge is 2.29. The van der Waals surface area contributed by atoms with Crippen LogP contribution in [-0.2, 0) is 0 Å². The second-order valence-electron chi connectivity index (χ2n) is 6.82. The Morgan fingerprint density at radius 1 is 1.13 bits per heavy atom. The lowest BCUT2D eigenvalue weighted by atomic mass is 9.96. The van der Waals surface area contributed by atoms with Gasteiger partial charge in [-0.2, -0.15) is 0 Å². The monoisotopic (exact) mass is 323 g/mol. The third kappa shape index (κ3) is 4.08. The maximum absolute atomic E-state index is 13.8. The first-order valence-electron chi connectivity index (χ1n) is 8.79. The molecule has 1 aromatic rings. The van der Waals surface area contributed by atoms with Gasteiger partial charge in [0.15, 0.2) is 11.6 Å². The van der Waals surface area contributed by atoms with Crippen LogP contribution in [0.15, 0.2) is 18.2 Å². The van der Waals surface area contributed by atoms with Crippen molar-refractivity contribution in [2.75, 3.05) is 39.3 Å². The van der Waals surface area contributed by atoms with Gasteiger partial charge in [0.1, 0.15) is 0 Å². The van der Waals surface area contributed by atoms with E-state index in [1.165, 1.54) is 31.4 Å². The molecule has 2 aliphatic heterocycles. The lowest BCUT2D eigenvalue weighted by Crippen LogP contribution is -2.49. The summed E-state index contributed by atoms with van der Waals surface area (Å²) in [4.78, 5) is 4.92. The lowest BCUT2D eigenvalue weighted by molar-refractivity contribution is 0.0720. The lowest BCUT2D eigenvalue weighted by Gasteiger charge is -2.42. The maximum atomic E-state index is 13.8. The summed E-state index contributed by atoms with van der Waals surface area (Å²) in [6.07, 6.45) is 3.63. The first-order chi connectivity index (χ1) is 11.1. The predicted molar refractivity (Wildman–Crippen MR) is 88.4 cm³/mol. The van der Waals surface area contributed by atoms with Crippen LogP contribution >= 0.6 is 0 Å². The Morgan fingerprint density at radius 2 is 1.91 bits per heavy atom. The molecule has 0 spiro atoms. The van der Waals surface area contributed by atoms with E-state index < -0.39 is 11.6 Å². The van der Waals surface area contributed by atoms with Crippen molar-refractivity contribution in [2.24, 2.45) is 0 Å². The van der Waals surface area contributed by atoms with Crippen LogP contribution in [0, 0.1) is 11.6 Å². The van der Waals surface area contributed by atoms with Gasteiger partial charge in [-0.1, -0.05) is 12.5 Å². The minimum atomic E-state index is -0.763. The molecular weight excluding hydrogens is 296 g/mol. The zero-order valence-corrected chi connectivity index (χ0v) is 13.9. The molecule has 0 radical (unpaired) electrons. The summed E-state index contributed by atoms with van der Waals surface area (Å²) in [5.41, 5.74) is 0.899. The zero-order valence-electron chi connectivity index (χ0n) is 13.9. The maximum Gasteiger partial charge on any atom is 0.159 e. The van der Waals surface area contributed by atoms with E-state index in [9.17, 15) is 8.78 Å². The quantitative estimate of drug-likeness (QED) is 0.919. The number of rotatable bonds is 4. The Balaban J connectivity index is 1.83. The van der Waals surface area contributed by atoms with Crippen LogP contribution < -0.4 is 5.32 Å². The average Bonchev–Trinajstić information content (AvgIpc) is 2.57. The molecule has 23 heavy (non-hydrogen) atoms. The van der Waals surface area contributed by atoms with Crippen molar-refractivity contribution < 1.29 is 8.78 Å². The second-order valence-corrected chi connectivity index (χ2v) is 6.82. The van der Waals surface area contributed by atoms with Gasteiger partial charge in [0.2, 0.25) is 0 Å². The minimum absolute atomic E-state index is 0.137. The zero-order chi connectivity index (χ0) is 16.2. The highest BCUT2D eigenvalue weighted by molar-refractivity contribution is 5.22. The SMILES string of the molecule is CC1CCCCN1C(CN1CCNCC1)c1ccc(F)c(F)c1. The summed E-state index contributed by atoms with van der Waals surface area (Å²) in [5, 5.41) is 3.37. The molecular formula is C18H27F2N3. The van der Waals surface area contributed by atoms with Crippen molar-refractivity contribution in [1.82, 2.24) is 15.1 Å². The van der Waals surface area contributed by atoms with Crippen LogP contribution in [-0.4, -0.2) is 55.1 Å². The van der Waals surface area contributed by atoms with E-state index in [0.717, 1.165) is 44.8 Å². The first kappa shape index (κ1) is 16.8. The smallest absolute Gasteiger partial charge is 0.159 e. The van der Waals surface area contributed by atoms with E-state index in [2.05, 4.69) is 22.0 Å². The van der Waals surface area contributed by atoms with Crippen LogP contribution in [0.5, 0.6) is 0 Å². The summed E-state index contributed by atoms with van der Waals surface area (Å²) >= 11 is 0. The van der Waals surface area contributed by atoms with Crippen molar-refractivity contribution in [2.45, 2.75) is 38.3 Å². The van der Waals surface area contributed by atoms with Crippen LogP contribution in [0.25, 0.3) is 0 Å². The summed E-state index contributed by atoms with van der Waals surface area (Å²) in [7, 11) is 0. The molecule has 2 aliphatic rings. The van der Waals surface area contributed by atoms with Crippen molar-refractivity contribution in [3.05, 3.63) is 35.4 Å². The van der Waals surface area contributed by atoms with Gasteiger partial charge in [-0.25, -0.2) is 8.78 Å². The molecule has 0 saturated carbocycles. The predicted octanol–water partition coefficient (Wildman–Crippen LogP) is 2.79. The van der Waals surface area contributed by atoms with Crippen molar-refractivity contribution in [3.8, 4) is 0 Å². The third-order valence-corrected chi connectivity index (χ3v) is 5.22. The Labute approximate surface area is 137 Å². The molecule has 2 heterocycles. The van der Waals surface area contributed by atoms with Gasteiger partial charge in [-0.3, -0.25) is 9.80 Å². The molecule has 2 atom stereocenters. The fraction of sp³-hybridized carbons (Fsp3) is 0.667.